The van der Waals surface area contributed by atoms with Gasteiger partial charge in [-0.05, 0) is 5.92 Å². The molecule has 6 nitrogen and oxygen atoms in total. The molecule has 0 aliphatic rings. The van der Waals surface area contributed by atoms with Crippen LogP contribution in [0.3, 0.4) is 0 Å². The van der Waals surface area contributed by atoms with Crippen LogP contribution in [0, 0.1) is 5.92 Å². The molecule has 0 aliphatic heterocycles. The molecule has 1 aromatic rings. The average Bonchev–Trinajstić information content (AvgIpc) is 2.38. The molecule has 0 fully saturated rings. The average molecular weight is 266 g/mol. The van der Waals surface area contributed by atoms with Crippen molar-refractivity contribution in [3.8, 4) is 0 Å². The largest absolute Gasteiger partial charge is 0.480 e. The van der Waals surface area contributed by atoms with E-state index < -0.39 is 12.0 Å². The Balaban J connectivity index is 2.61. The number of carboxylic acid groups (broad SMARTS) is 1. The maximum Gasteiger partial charge on any atom is 0.320 e. The Kier molecular flexibility index (Phi) is 5.69. The zero-order valence-electron chi connectivity index (χ0n) is 11.9. The summed E-state index contributed by atoms with van der Waals surface area (Å²) in [5.74, 6) is -0.0971. The molecule has 1 aromatic heterocycles. The highest BCUT2D eigenvalue weighted by Crippen LogP contribution is 2.09. The smallest absolute Gasteiger partial charge is 0.320 e. The van der Waals surface area contributed by atoms with E-state index in [1.54, 1.807) is 12.4 Å². The van der Waals surface area contributed by atoms with Gasteiger partial charge in [-0.2, -0.15) is 0 Å². The van der Waals surface area contributed by atoms with E-state index in [9.17, 15) is 4.79 Å². The molecule has 0 amide bonds. The molecule has 0 bridgehead atoms. The van der Waals surface area contributed by atoms with Crippen molar-refractivity contribution in [1.29, 1.82) is 0 Å². The molecule has 1 heterocycles. The van der Waals surface area contributed by atoms with Crippen molar-refractivity contribution < 1.29 is 9.90 Å². The van der Waals surface area contributed by atoms with Gasteiger partial charge in [-0.15, -0.1) is 0 Å². The summed E-state index contributed by atoms with van der Waals surface area (Å²) in [5, 5.41) is 12.2. The van der Waals surface area contributed by atoms with Gasteiger partial charge in [0.2, 0.25) is 5.95 Å². The number of nitrogens with one attached hydrogen (secondary N) is 1. The number of carbonyl (C=O) groups is 1. The standard InChI is InChI=1S/C13H22N4O2/c1-5-9(2)11(12(18)19)14-6-10-7-15-13(16-8-10)17(3)4/h7-9,11,14H,5-6H2,1-4H3,(H,18,19)/t9-,11-/m1/s1. The maximum absolute atomic E-state index is 11.2. The van der Waals surface area contributed by atoms with E-state index in [0.717, 1.165) is 12.0 Å². The van der Waals surface area contributed by atoms with E-state index >= 15 is 0 Å². The summed E-state index contributed by atoms with van der Waals surface area (Å²) in [6, 6.07) is -0.543. The summed E-state index contributed by atoms with van der Waals surface area (Å²) in [7, 11) is 3.74. The van der Waals surface area contributed by atoms with Crippen molar-refractivity contribution >= 4 is 11.9 Å². The highest BCUT2D eigenvalue weighted by molar-refractivity contribution is 5.73. The zero-order chi connectivity index (χ0) is 14.4. The van der Waals surface area contributed by atoms with Crippen molar-refractivity contribution in [3.05, 3.63) is 18.0 Å². The molecule has 0 saturated heterocycles. The zero-order valence-corrected chi connectivity index (χ0v) is 11.9. The van der Waals surface area contributed by atoms with E-state index in [-0.39, 0.29) is 5.92 Å². The van der Waals surface area contributed by atoms with Gasteiger partial charge in [0.15, 0.2) is 0 Å². The number of anilines is 1. The van der Waals surface area contributed by atoms with Crippen molar-refractivity contribution in [2.75, 3.05) is 19.0 Å². The van der Waals surface area contributed by atoms with E-state index in [0.29, 0.717) is 12.5 Å². The first-order valence-electron chi connectivity index (χ1n) is 6.40. The molecule has 0 unspecified atom stereocenters. The van der Waals surface area contributed by atoms with E-state index in [2.05, 4.69) is 15.3 Å². The summed E-state index contributed by atoms with van der Waals surface area (Å²) in [5.41, 5.74) is 0.875. The fraction of sp³-hybridized carbons (Fsp3) is 0.615. The molecule has 0 saturated carbocycles. The molecule has 0 aromatic carbocycles. The lowest BCUT2D eigenvalue weighted by molar-refractivity contribution is -0.140. The lowest BCUT2D eigenvalue weighted by Gasteiger charge is -2.20. The van der Waals surface area contributed by atoms with E-state index in [1.165, 1.54) is 0 Å². The van der Waals surface area contributed by atoms with Gasteiger partial charge in [0.25, 0.3) is 0 Å². The summed E-state index contributed by atoms with van der Waals surface area (Å²) in [4.78, 5) is 21.4. The van der Waals surface area contributed by atoms with Crippen molar-refractivity contribution in [3.63, 3.8) is 0 Å². The number of hydrogen-bond donors (Lipinski definition) is 2. The minimum Gasteiger partial charge on any atom is -0.480 e. The van der Waals surface area contributed by atoms with Crippen molar-refractivity contribution in [2.24, 2.45) is 5.92 Å². The first-order chi connectivity index (χ1) is 8.95. The summed E-state index contributed by atoms with van der Waals surface area (Å²) < 4.78 is 0. The SMILES string of the molecule is CC[C@@H](C)[C@@H](NCc1cnc(N(C)C)nc1)C(=O)O. The molecule has 0 radical (unpaired) electrons. The first kappa shape index (κ1) is 15.4. The van der Waals surface area contributed by atoms with Gasteiger partial charge in [0.1, 0.15) is 6.04 Å². The Morgan fingerprint density at radius 2 is 2.00 bits per heavy atom. The lowest BCUT2D eigenvalue weighted by atomic mass is 9.99. The highest BCUT2D eigenvalue weighted by Gasteiger charge is 2.22. The second-order valence-corrected chi connectivity index (χ2v) is 4.87. The molecule has 106 valence electrons. The van der Waals surface area contributed by atoms with Crippen LogP contribution in [-0.4, -0.2) is 41.2 Å². The maximum atomic E-state index is 11.2. The normalized spacial score (nSPS) is 13.9. The lowest BCUT2D eigenvalue weighted by Crippen LogP contribution is -2.41. The predicted octanol–water partition coefficient (Wildman–Crippen LogP) is 1.13. The summed E-state index contributed by atoms with van der Waals surface area (Å²) in [6.45, 7) is 4.36. The first-order valence-corrected chi connectivity index (χ1v) is 6.40. The fourth-order valence-corrected chi connectivity index (χ4v) is 1.67. The minimum atomic E-state index is -0.819. The quantitative estimate of drug-likeness (QED) is 0.770. The molecule has 1 rings (SSSR count). The highest BCUT2D eigenvalue weighted by atomic mass is 16.4. The van der Waals surface area contributed by atoms with Gasteiger partial charge in [-0.1, -0.05) is 20.3 Å². The molecular weight excluding hydrogens is 244 g/mol. The Morgan fingerprint density at radius 1 is 1.42 bits per heavy atom. The van der Waals surface area contributed by atoms with Crippen molar-refractivity contribution in [1.82, 2.24) is 15.3 Å². The van der Waals surface area contributed by atoms with Gasteiger partial charge in [-0.25, -0.2) is 9.97 Å². The number of rotatable bonds is 7. The fourth-order valence-electron chi connectivity index (χ4n) is 1.67. The van der Waals surface area contributed by atoms with E-state index in [4.69, 9.17) is 5.11 Å². The third kappa shape index (κ3) is 4.48. The molecule has 19 heavy (non-hydrogen) atoms. The van der Waals surface area contributed by atoms with Crippen LogP contribution in [0.5, 0.6) is 0 Å². The molecule has 2 atom stereocenters. The van der Waals surface area contributed by atoms with Crippen LogP contribution in [0.4, 0.5) is 5.95 Å². The molecule has 6 heteroatoms. The Hall–Kier alpha value is -1.69. The molecular formula is C13H22N4O2. The number of aromatic nitrogens is 2. The van der Waals surface area contributed by atoms with Crippen LogP contribution in [0.2, 0.25) is 0 Å². The molecule has 2 N–H and O–H groups in total. The minimum absolute atomic E-state index is 0.0828. The number of aliphatic carboxylic acids is 1. The summed E-state index contributed by atoms with van der Waals surface area (Å²) >= 11 is 0. The van der Waals surface area contributed by atoms with Crippen LogP contribution < -0.4 is 10.2 Å². The Labute approximate surface area is 113 Å². The summed E-state index contributed by atoms with van der Waals surface area (Å²) in [6.07, 6.45) is 4.25. The second-order valence-electron chi connectivity index (χ2n) is 4.87. The van der Waals surface area contributed by atoms with Gasteiger partial charge in [0, 0.05) is 38.6 Å². The third-order valence-electron chi connectivity index (χ3n) is 3.10. The Morgan fingerprint density at radius 3 is 2.42 bits per heavy atom. The number of hydrogen-bond acceptors (Lipinski definition) is 5. The Bertz CT molecular complexity index is 406. The number of nitrogens with zero attached hydrogens (tertiary/aromatic N) is 3. The third-order valence-corrected chi connectivity index (χ3v) is 3.10. The second kappa shape index (κ2) is 7.04. The predicted molar refractivity (Wildman–Crippen MR) is 74.1 cm³/mol. The van der Waals surface area contributed by atoms with Crippen LogP contribution in [0.15, 0.2) is 12.4 Å². The van der Waals surface area contributed by atoms with Crippen molar-refractivity contribution in [2.45, 2.75) is 32.9 Å². The van der Waals surface area contributed by atoms with E-state index in [1.807, 2.05) is 32.8 Å². The molecule has 0 aliphatic carbocycles. The van der Waals surface area contributed by atoms with Gasteiger partial charge in [-0.3, -0.25) is 10.1 Å². The van der Waals surface area contributed by atoms with Gasteiger partial charge >= 0.3 is 5.97 Å². The van der Waals surface area contributed by atoms with Crippen LogP contribution in [0.25, 0.3) is 0 Å². The van der Waals surface area contributed by atoms with Crippen LogP contribution in [-0.2, 0) is 11.3 Å². The van der Waals surface area contributed by atoms with Crippen LogP contribution in [0.1, 0.15) is 25.8 Å². The van der Waals surface area contributed by atoms with Gasteiger partial charge in [0.05, 0.1) is 0 Å². The molecule has 0 spiro atoms. The topological polar surface area (TPSA) is 78.4 Å². The van der Waals surface area contributed by atoms with Crippen LogP contribution >= 0.6 is 0 Å². The monoisotopic (exact) mass is 266 g/mol. The number of carboxylic acids is 1. The van der Waals surface area contributed by atoms with Gasteiger partial charge < -0.3 is 10.0 Å².